The Labute approximate surface area is 120 Å². The fraction of sp³-hybridized carbons (Fsp3) is 0.750. The van der Waals surface area contributed by atoms with Gasteiger partial charge < -0.3 is 15.4 Å². The van der Waals surface area contributed by atoms with Gasteiger partial charge in [-0.25, -0.2) is 8.42 Å². The Kier molecular flexibility index (Phi) is 5.55. The fourth-order valence-corrected chi connectivity index (χ4v) is 2.49. The second-order valence-corrected chi connectivity index (χ2v) is 7.59. The van der Waals surface area contributed by atoms with Crippen LogP contribution in [0.5, 0.6) is 5.75 Å². The number of ether oxygens (including phenoxy) is 1. The molecule has 0 saturated heterocycles. The minimum atomic E-state index is -3.23. The molecule has 0 amide bonds. The number of sulfone groups is 1. The molecule has 2 unspecified atom stereocenters. The Balaban J connectivity index is 3.10. The topological polar surface area (TPSA) is 90.4 Å². The van der Waals surface area contributed by atoms with Gasteiger partial charge in [0.2, 0.25) is 0 Å². The Hall–Kier alpha value is -1.12. The first kappa shape index (κ1) is 16.9. The molecule has 0 aliphatic rings. The molecule has 0 aliphatic heterocycles. The normalized spacial score (nSPS) is 15.3. The molecule has 0 aromatic carbocycles. The number of likely N-dealkylation sites (N-methyl/N-ethyl adjacent to an activating group) is 1. The highest BCUT2D eigenvalue weighted by atomic mass is 32.2. The molecular formula is C12H24N4O3S. The monoisotopic (exact) mass is 304 g/mol. The molecule has 0 bridgehead atoms. The van der Waals surface area contributed by atoms with Gasteiger partial charge in [0.25, 0.3) is 0 Å². The van der Waals surface area contributed by atoms with Gasteiger partial charge in [0.1, 0.15) is 0 Å². The molecule has 0 spiro atoms. The second kappa shape index (κ2) is 6.55. The summed E-state index contributed by atoms with van der Waals surface area (Å²) in [6, 6.07) is -0.676. The Bertz CT molecular complexity index is 539. The van der Waals surface area contributed by atoms with Gasteiger partial charge in [0.15, 0.2) is 15.6 Å². The van der Waals surface area contributed by atoms with E-state index in [1.807, 2.05) is 19.0 Å². The van der Waals surface area contributed by atoms with Gasteiger partial charge in [-0.15, -0.1) is 0 Å². The lowest BCUT2D eigenvalue weighted by Gasteiger charge is -2.21. The highest BCUT2D eigenvalue weighted by molar-refractivity contribution is 7.91. The maximum Gasteiger partial charge on any atom is 0.161 e. The van der Waals surface area contributed by atoms with Gasteiger partial charge in [-0.3, -0.25) is 4.68 Å². The summed E-state index contributed by atoms with van der Waals surface area (Å²) in [5.41, 5.74) is 6.74. The second-order valence-electron chi connectivity index (χ2n) is 5.19. The standard InChI is InChI=1S/C12H24N4O3S/c1-9(20(5,17)18)11(13)12-10(19-4)8-14-16(12)7-6-15(2)3/h8-9,11H,6-7,13H2,1-5H3. The number of rotatable bonds is 7. The summed E-state index contributed by atoms with van der Waals surface area (Å²) < 4.78 is 30.3. The lowest BCUT2D eigenvalue weighted by atomic mass is 10.1. The van der Waals surface area contributed by atoms with Crippen LogP contribution in [0, 0.1) is 0 Å². The molecule has 2 N–H and O–H groups in total. The molecule has 1 aromatic rings. The van der Waals surface area contributed by atoms with E-state index in [0.29, 0.717) is 18.0 Å². The third kappa shape index (κ3) is 3.94. The van der Waals surface area contributed by atoms with Crippen molar-refractivity contribution < 1.29 is 13.2 Å². The molecule has 2 atom stereocenters. The highest BCUT2D eigenvalue weighted by Gasteiger charge is 2.29. The largest absolute Gasteiger partial charge is 0.493 e. The summed E-state index contributed by atoms with van der Waals surface area (Å²) in [7, 11) is 2.20. The SMILES string of the molecule is COc1cnn(CCN(C)C)c1C(N)C(C)S(C)(=O)=O. The first-order valence-electron chi connectivity index (χ1n) is 6.37. The van der Waals surface area contributed by atoms with Gasteiger partial charge in [-0.1, -0.05) is 0 Å². The maximum atomic E-state index is 11.7. The third-order valence-corrected chi connectivity index (χ3v) is 4.96. The number of aromatic nitrogens is 2. The molecule has 1 heterocycles. The van der Waals surface area contributed by atoms with E-state index in [1.165, 1.54) is 13.4 Å². The predicted octanol–water partition coefficient (Wildman–Crippen LogP) is -0.114. The summed E-state index contributed by atoms with van der Waals surface area (Å²) in [6.07, 6.45) is 2.75. The van der Waals surface area contributed by atoms with E-state index in [4.69, 9.17) is 10.5 Å². The smallest absolute Gasteiger partial charge is 0.161 e. The van der Waals surface area contributed by atoms with Gasteiger partial charge in [0, 0.05) is 12.8 Å². The number of hydrogen-bond acceptors (Lipinski definition) is 6. The van der Waals surface area contributed by atoms with E-state index in [-0.39, 0.29) is 0 Å². The molecule has 116 valence electrons. The number of nitrogens with two attached hydrogens (primary N) is 1. The molecule has 0 saturated carbocycles. The summed E-state index contributed by atoms with van der Waals surface area (Å²) in [5.74, 6) is 0.520. The van der Waals surface area contributed by atoms with Crippen LogP contribution >= 0.6 is 0 Å². The maximum absolute atomic E-state index is 11.7. The minimum absolute atomic E-state index is 0.520. The van der Waals surface area contributed by atoms with Gasteiger partial charge in [0.05, 0.1) is 36.8 Å². The first-order chi connectivity index (χ1) is 9.18. The number of nitrogens with zero attached hydrogens (tertiary/aromatic N) is 3. The Morgan fingerprint density at radius 1 is 1.50 bits per heavy atom. The van der Waals surface area contributed by atoms with Gasteiger partial charge in [-0.2, -0.15) is 5.10 Å². The molecule has 1 rings (SSSR count). The van der Waals surface area contributed by atoms with E-state index < -0.39 is 21.1 Å². The van der Waals surface area contributed by atoms with Gasteiger partial charge >= 0.3 is 0 Å². The van der Waals surface area contributed by atoms with Gasteiger partial charge in [-0.05, 0) is 21.0 Å². The number of methoxy groups -OCH3 is 1. The average molecular weight is 304 g/mol. The van der Waals surface area contributed by atoms with Crippen LogP contribution in [0.4, 0.5) is 0 Å². The van der Waals surface area contributed by atoms with Crippen LogP contribution in [0.3, 0.4) is 0 Å². The summed E-state index contributed by atoms with van der Waals surface area (Å²) in [4.78, 5) is 2.02. The fourth-order valence-electron chi connectivity index (χ4n) is 1.83. The van der Waals surface area contributed by atoms with Crippen LogP contribution in [0.25, 0.3) is 0 Å². The lowest BCUT2D eigenvalue weighted by Crippen LogP contribution is -2.33. The van der Waals surface area contributed by atoms with Crippen molar-refractivity contribution in [3.63, 3.8) is 0 Å². The molecule has 8 heteroatoms. The van der Waals surface area contributed by atoms with Crippen molar-refractivity contribution in [2.75, 3.05) is 34.0 Å². The van der Waals surface area contributed by atoms with Crippen LogP contribution in [-0.4, -0.2) is 62.4 Å². The van der Waals surface area contributed by atoms with Crippen molar-refractivity contribution in [3.8, 4) is 5.75 Å². The average Bonchev–Trinajstić information content (AvgIpc) is 2.76. The van der Waals surface area contributed by atoms with E-state index in [9.17, 15) is 8.42 Å². The van der Waals surface area contributed by atoms with E-state index in [2.05, 4.69) is 5.10 Å². The summed E-state index contributed by atoms with van der Waals surface area (Å²) in [6.45, 7) is 3.00. The van der Waals surface area contributed by atoms with Crippen LogP contribution < -0.4 is 10.5 Å². The van der Waals surface area contributed by atoms with E-state index in [1.54, 1.807) is 17.8 Å². The lowest BCUT2D eigenvalue weighted by molar-refractivity contribution is 0.360. The van der Waals surface area contributed by atoms with Crippen molar-refractivity contribution in [1.29, 1.82) is 0 Å². The first-order valence-corrected chi connectivity index (χ1v) is 8.32. The zero-order valence-corrected chi connectivity index (χ0v) is 13.5. The van der Waals surface area contributed by atoms with Crippen molar-refractivity contribution in [2.24, 2.45) is 5.73 Å². The molecule has 1 aromatic heterocycles. The quantitative estimate of drug-likeness (QED) is 0.755. The molecule has 0 fully saturated rings. The molecule has 0 radical (unpaired) electrons. The molecule has 0 aliphatic carbocycles. The van der Waals surface area contributed by atoms with Crippen molar-refractivity contribution in [2.45, 2.75) is 24.8 Å². The number of hydrogen-bond donors (Lipinski definition) is 1. The van der Waals surface area contributed by atoms with Crippen LogP contribution in [0.1, 0.15) is 18.7 Å². The summed E-state index contributed by atoms with van der Waals surface area (Å²) >= 11 is 0. The molecule has 7 nitrogen and oxygen atoms in total. The Morgan fingerprint density at radius 2 is 2.10 bits per heavy atom. The highest BCUT2D eigenvalue weighted by Crippen LogP contribution is 2.28. The predicted molar refractivity (Wildman–Crippen MR) is 78.6 cm³/mol. The van der Waals surface area contributed by atoms with Crippen molar-refractivity contribution in [3.05, 3.63) is 11.9 Å². The Morgan fingerprint density at radius 3 is 2.55 bits per heavy atom. The van der Waals surface area contributed by atoms with E-state index in [0.717, 1.165) is 6.54 Å². The van der Waals surface area contributed by atoms with Crippen LogP contribution in [0.2, 0.25) is 0 Å². The van der Waals surface area contributed by atoms with Crippen molar-refractivity contribution in [1.82, 2.24) is 14.7 Å². The molecular weight excluding hydrogens is 280 g/mol. The summed E-state index contributed by atoms with van der Waals surface area (Å²) in [5, 5.41) is 3.53. The van der Waals surface area contributed by atoms with E-state index >= 15 is 0 Å². The third-order valence-electron chi connectivity index (χ3n) is 3.32. The zero-order valence-electron chi connectivity index (χ0n) is 12.7. The van der Waals surface area contributed by atoms with Crippen LogP contribution in [0.15, 0.2) is 6.20 Å². The van der Waals surface area contributed by atoms with Crippen LogP contribution in [-0.2, 0) is 16.4 Å². The zero-order chi connectivity index (χ0) is 15.5. The minimum Gasteiger partial charge on any atom is -0.493 e. The molecule has 20 heavy (non-hydrogen) atoms. The van der Waals surface area contributed by atoms with Crippen molar-refractivity contribution >= 4 is 9.84 Å².